The largest absolute Gasteiger partial charge is 0.385 e. The highest BCUT2D eigenvalue weighted by Gasteiger charge is 2.24. The van der Waals surface area contributed by atoms with Crippen molar-refractivity contribution >= 4 is 22.6 Å². The zero-order valence-corrected chi connectivity index (χ0v) is 12.0. The summed E-state index contributed by atoms with van der Waals surface area (Å²) in [6, 6.07) is 9.86. The third kappa shape index (κ3) is 3.07. The Bertz CT molecular complexity index is 502. The lowest BCUT2D eigenvalue weighted by Crippen LogP contribution is -2.24. The standard InChI is InChI=1S/C13H15IN2O/c1-13(17,9-12-7-8-16(2)15-12)10-3-5-11(14)6-4-10/h3-8,17H,9H2,1-2H3. The fourth-order valence-corrected chi connectivity index (χ4v) is 2.18. The monoisotopic (exact) mass is 342 g/mol. The molecule has 0 spiro atoms. The van der Waals surface area contributed by atoms with Gasteiger partial charge in [0.25, 0.3) is 0 Å². The van der Waals surface area contributed by atoms with Crippen LogP contribution in [-0.4, -0.2) is 14.9 Å². The van der Waals surface area contributed by atoms with E-state index in [4.69, 9.17) is 0 Å². The highest BCUT2D eigenvalue weighted by Crippen LogP contribution is 2.25. The molecule has 2 rings (SSSR count). The molecule has 1 aromatic carbocycles. The highest BCUT2D eigenvalue weighted by molar-refractivity contribution is 14.1. The maximum atomic E-state index is 10.5. The van der Waals surface area contributed by atoms with Gasteiger partial charge in [-0.15, -0.1) is 0 Å². The molecular formula is C13H15IN2O. The number of nitrogens with zero attached hydrogens (tertiary/aromatic N) is 2. The van der Waals surface area contributed by atoms with Crippen LogP contribution in [0.25, 0.3) is 0 Å². The molecule has 0 saturated carbocycles. The van der Waals surface area contributed by atoms with Crippen molar-refractivity contribution < 1.29 is 5.11 Å². The van der Waals surface area contributed by atoms with Crippen LogP contribution in [0.2, 0.25) is 0 Å². The van der Waals surface area contributed by atoms with E-state index < -0.39 is 5.60 Å². The zero-order valence-electron chi connectivity index (χ0n) is 9.89. The third-order valence-electron chi connectivity index (χ3n) is 2.76. The van der Waals surface area contributed by atoms with Gasteiger partial charge in [0.2, 0.25) is 0 Å². The highest BCUT2D eigenvalue weighted by atomic mass is 127. The summed E-state index contributed by atoms with van der Waals surface area (Å²) in [6.07, 6.45) is 2.41. The van der Waals surface area contributed by atoms with Gasteiger partial charge in [0.1, 0.15) is 0 Å². The van der Waals surface area contributed by atoms with Gasteiger partial charge in [0.15, 0.2) is 0 Å². The van der Waals surface area contributed by atoms with Crippen molar-refractivity contribution in [2.24, 2.45) is 7.05 Å². The molecule has 1 N–H and O–H groups in total. The lowest BCUT2D eigenvalue weighted by atomic mass is 9.91. The van der Waals surface area contributed by atoms with Crippen LogP contribution in [-0.2, 0) is 19.1 Å². The summed E-state index contributed by atoms with van der Waals surface area (Å²) in [4.78, 5) is 0. The Hall–Kier alpha value is -0.880. The Kier molecular flexibility index (Phi) is 3.53. The van der Waals surface area contributed by atoms with Gasteiger partial charge in [-0.05, 0) is 53.3 Å². The molecule has 17 heavy (non-hydrogen) atoms. The molecular weight excluding hydrogens is 327 g/mol. The van der Waals surface area contributed by atoms with Crippen LogP contribution in [0.5, 0.6) is 0 Å². The molecule has 0 aliphatic rings. The molecule has 1 atom stereocenters. The van der Waals surface area contributed by atoms with Crippen LogP contribution >= 0.6 is 22.6 Å². The second-order valence-corrected chi connectivity index (χ2v) is 5.68. The van der Waals surface area contributed by atoms with Crippen LogP contribution in [0, 0.1) is 3.57 Å². The number of aryl methyl sites for hydroxylation is 1. The first-order valence-electron chi connectivity index (χ1n) is 5.44. The molecule has 3 nitrogen and oxygen atoms in total. The van der Waals surface area contributed by atoms with E-state index in [1.807, 2.05) is 50.5 Å². The van der Waals surface area contributed by atoms with E-state index in [2.05, 4.69) is 27.7 Å². The molecule has 0 saturated heterocycles. The van der Waals surface area contributed by atoms with E-state index in [1.165, 1.54) is 3.57 Å². The first-order chi connectivity index (χ1) is 7.97. The fourth-order valence-electron chi connectivity index (χ4n) is 1.82. The zero-order chi connectivity index (χ0) is 12.5. The molecule has 0 radical (unpaired) electrons. The van der Waals surface area contributed by atoms with Crippen molar-refractivity contribution in [1.29, 1.82) is 0 Å². The minimum Gasteiger partial charge on any atom is -0.385 e. The van der Waals surface area contributed by atoms with Crippen LogP contribution < -0.4 is 0 Å². The second-order valence-electron chi connectivity index (χ2n) is 4.44. The molecule has 1 heterocycles. The van der Waals surface area contributed by atoms with Crippen LogP contribution in [0.4, 0.5) is 0 Å². The van der Waals surface area contributed by atoms with Gasteiger partial charge in [0.05, 0.1) is 11.3 Å². The molecule has 1 unspecified atom stereocenters. The van der Waals surface area contributed by atoms with Crippen molar-refractivity contribution in [1.82, 2.24) is 9.78 Å². The Labute approximate surface area is 115 Å². The van der Waals surface area contributed by atoms with Gasteiger partial charge in [-0.3, -0.25) is 4.68 Å². The molecule has 0 aliphatic carbocycles. The summed E-state index contributed by atoms with van der Waals surface area (Å²) in [7, 11) is 1.88. The first-order valence-corrected chi connectivity index (χ1v) is 6.52. The van der Waals surface area contributed by atoms with E-state index in [0.29, 0.717) is 6.42 Å². The van der Waals surface area contributed by atoms with Gasteiger partial charge < -0.3 is 5.11 Å². The number of hydrogen-bond acceptors (Lipinski definition) is 2. The molecule has 0 amide bonds. The quantitative estimate of drug-likeness (QED) is 0.871. The smallest absolute Gasteiger partial charge is 0.0924 e. The maximum absolute atomic E-state index is 10.5. The molecule has 0 fully saturated rings. The Balaban J connectivity index is 2.21. The fraction of sp³-hybridized carbons (Fsp3) is 0.308. The lowest BCUT2D eigenvalue weighted by molar-refractivity contribution is 0.0564. The van der Waals surface area contributed by atoms with Crippen molar-refractivity contribution in [3.63, 3.8) is 0 Å². The van der Waals surface area contributed by atoms with E-state index in [0.717, 1.165) is 11.3 Å². The van der Waals surface area contributed by atoms with Crippen molar-refractivity contribution in [3.8, 4) is 0 Å². The molecule has 2 aromatic rings. The number of rotatable bonds is 3. The van der Waals surface area contributed by atoms with Gasteiger partial charge >= 0.3 is 0 Å². The van der Waals surface area contributed by atoms with E-state index in [9.17, 15) is 5.11 Å². The Morgan fingerprint density at radius 3 is 2.47 bits per heavy atom. The minimum absolute atomic E-state index is 0.522. The van der Waals surface area contributed by atoms with E-state index in [1.54, 1.807) is 4.68 Å². The van der Waals surface area contributed by atoms with Crippen molar-refractivity contribution in [3.05, 3.63) is 51.4 Å². The maximum Gasteiger partial charge on any atom is 0.0924 e. The van der Waals surface area contributed by atoms with Gasteiger partial charge in [0, 0.05) is 23.2 Å². The van der Waals surface area contributed by atoms with Gasteiger partial charge in [-0.1, -0.05) is 12.1 Å². The summed E-state index contributed by atoms with van der Waals surface area (Å²) < 4.78 is 2.92. The van der Waals surface area contributed by atoms with Crippen LogP contribution in [0.3, 0.4) is 0 Å². The molecule has 4 heteroatoms. The normalized spacial score (nSPS) is 14.6. The van der Waals surface area contributed by atoms with Gasteiger partial charge in [-0.2, -0.15) is 5.10 Å². The van der Waals surface area contributed by atoms with Crippen LogP contribution in [0.15, 0.2) is 36.5 Å². The average Bonchev–Trinajstić information content (AvgIpc) is 2.63. The molecule has 90 valence electrons. The van der Waals surface area contributed by atoms with Gasteiger partial charge in [-0.25, -0.2) is 0 Å². The SMILES string of the molecule is Cn1ccc(CC(C)(O)c2ccc(I)cc2)n1. The topological polar surface area (TPSA) is 38.0 Å². The summed E-state index contributed by atoms with van der Waals surface area (Å²) in [5.41, 5.74) is 0.943. The summed E-state index contributed by atoms with van der Waals surface area (Å²) in [5.74, 6) is 0. The Morgan fingerprint density at radius 1 is 1.29 bits per heavy atom. The average molecular weight is 342 g/mol. The summed E-state index contributed by atoms with van der Waals surface area (Å²) in [5, 5.41) is 14.8. The predicted molar refractivity (Wildman–Crippen MR) is 75.6 cm³/mol. The molecule has 0 bridgehead atoms. The third-order valence-corrected chi connectivity index (χ3v) is 3.48. The summed E-state index contributed by atoms with van der Waals surface area (Å²) in [6.45, 7) is 1.82. The van der Waals surface area contributed by atoms with Crippen molar-refractivity contribution in [2.45, 2.75) is 18.9 Å². The number of benzene rings is 1. The second kappa shape index (κ2) is 4.78. The van der Waals surface area contributed by atoms with Crippen molar-refractivity contribution in [2.75, 3.05) is 0 Å². The Morgan fingerprint density at radius 2 is 1.94 bits per heavy atom. The minimum atomic E-state index is -0.876. The summed E-state index contributed by atoms with van der Waals surface area (Å²) >= 11 is 2.25. The first kappa shape index (κ1) is 12.6. The van der Waals surface area contributed by atoms with E-state index in [-0.39, 0.29) is 0 Å². The molecule has 0 aliphatic heterocycles. The number of aliphatic hydroxyl groups is 1. The predicted octanol–water partition coefficient (Wildman–Crippen LogP) is 2.47. The number of aromatic nitrogens is 2. The number of halogens is 1. The van der Waals surface area contributed by atoms with E-state index >= 15 is 0 Å². The molecule has 1 aromatic heterocycles. The van der Waals surface area contributed by atoms with Crippen LogP contribution in [0.1, 0.15) is 18.2 Å². The lowest BCUT2D eigenvalue weighted by Gasteiger charge is -2.22. The number of hydrogen-bond donors (Lipinski definition) is 1.